The van der Waals surface area contributed by atoms with Crippen molar-refractivity contribution in [3.05, 3.63) is 28.2 Å². The molecule has 0 spiro atoms. The predicted octanol–water partition coefficient (Wildman–Crippen LogP) is 4.60. The highest BCUT2D eigenvalue weighted by Crippen LogP contribution is 2.44. The van der Waals surface area contributed by atoms with Crippen LogP contribution in [0.15, 0.2) is 22.7 Å². The first-order valence-electron chi connectivity index (χ1n) is 6.77. The van der Waals surface area contributed by atoms with Gasteiger partial charge in [-0.05, 0) is 25.0 Å². The predicted molar refractivity (Wildman–Crippen MR) is 76.9 cm³/mol. The smallest absolute Gasteiger partial charge is 0.127 e. The molecule has 100 valence electrons. The molecule has 1 aliphatic rings. The van der Waals surface area contributed by atoms with E-state index in [2.05, 4.69) is 29.8 Å². The first-order chi connectivity index (χ1) is 8.60. The molecular weight excluding hydrogens is 292 g/mol. The number of aliphatic hydroxyl groups is 1. The molecule has 0 unspecified atom stereocenters. The van der Waals surface area contributed by atoms with Crippen molar-refractivity contribution >= 4 is 15.9 Å². The normalized spacial score (nSPS) is 21.2. The van der Waals surface area contributed by atoms with E-state index in [0.29, 0.717) is 6.42 Å². The van der Waals surface area contributed by atoms with Gasteiger partial charge in [-0.1, -0.05) is 48.7 Å². The first-order valence-corrected chi connectivity index (χ1v) is 7.56. The molecule has 1 aromatic rings. The van der Waals surface area contributed by atoms with Gasteiger partial charge in [-0.25, -0.2) is 0 Å². The monoisotopic (exact) mass is 312 g/mol. The molecule has 2 rings (SSSR count). The molecule has 0 amide bonds. The molecule has 18 heavy (non-hydrogen) atoms. The standard InChI is InChI=1S/C15H21BrO2/c1-3-7-15(8-4-2)10-13(17)12-6-5-11(16)9-14(12)18-15/h5-6,9,13,17H,3-4,7-8,10H2,1-2H3/t13-/m1/s1. The summed E-state index contributed by atoms with van der Waals surface area (Å²) < 4.78 is 7.26. The quantitative estimate of drug-likeness (QED) is 0.880. The van der Waals surface area contributed by atoms with Gasteiger partial charge < -0.3 is 9.84 Å². The Balaban J connectivity index is 2.34. The second kappa shape index (κ2) is 5.62. The number of halogens is 1. The van der Waals surface area contributed by atoms with E-state index in [1.807, 2.05) is 18.2 Å². The van der Waals surface area contributed by atoms with Crippen molar-refractivity contribution in [1.29, 1.82) is 0 Å². The number of benzene rings is 1. The Bertz CT molecular complexity index is 411. The third-order valence-corrected chi connectivity index (χ3v) is 4.13. The Labute approximate surface area is 117 Å². The summed E-state index contributed by atoms with van der Waals surface area (Å²) in [5.41, 5.74) is 0.734. The van der Waals surface area contributed by atoms with Crippen molar-refractivity contribution in [3.63, 3.8) is 0 Å². The van der Waals surface area contributed by atoms with Crippen LogP contribution in [0.2, 0.25) is 0 Å². The molecule has 0 aromatic heterocycles. The topological polar surface area (TPSA) is 29.5 Å². The molecule has 1 aliphatic heterocycles. The maximum atomic E-state index is 10.3. The molecule has 0 aliphatic carbocycles. The highest BCUT2D eigenvalue weighted by atomic mass is 79.9. The fourth-order valence-electron chi connectivity index (χ4n) is 2.95. The summed E-state index contributed by atoms with van der Waals surface area (Å²) >= 11 is 3.46. The summed E-state index contributed by atoms with van der Waals surface area (Å²) in [6.45, 7) is 4.34. The Morgan fingerprint density at radius 2 is 2.00 bits per heavy atom. The van der Waals surface area contributed by atoms with E-state index < -0.39 is 6.10 Å². The van der Waals surface area contributed by atoms with Crippen LogP contribution in [0.1, 0.15) is 57.6 Å². The lowest BCUT2D eigenvalue weighted by atomic mass is 9.82. The molecule has 2 nitrogen and oxygen atoms in total. The van der Waals surface area contributed by atoms with Gasteiger partial charge in [0.1, 0.15) is 11.4 Å². The Morgan fingerprint density at radius 3 is 2.61 bits per heavy atom. The molecule has 0 bridgehead atoms. The largest absolute Gasteiger partial charge is 0.487 e. The molecule has 1 aromatic carbocycles. The second-order valence-electron chi connectivity index (χ2n) is 5.19. The third kappa shape index (κ3) is 2.72. The number of fused-ring (bicyclic) bond motifs is 1. The highest BCUT2D eigenvalue weighted by molar-refractivity contribution is 9.10. The zero-order chi connectivity index (χ0) is 13.2. The molecule has 0 radical (unpaired) electrons. The lowest BCUT2D eigenvalue weighted by molar-refractivity contribution is -0.0268. The van der Waals surface area contributed by atoms with E-state index in [-0.39, 0.29) is 5.60 Å². The van der Waals surface area contributed by atoms with Crippen molar-refractivity contribution in [2.45, 2.75) is 57.7 Å². The van der Waals surface area contributed by atoms with E-state index in [1.54, 1.807) is 0 Å². The molecule has 0 saturated heterocycles. The van der Waals surface area contributed by atoms with Crippen molar-refractivity contribution in [2.24, 2.45) is 0 Å². The summed E-state index contributed by atoms with van der Waals surface area (Å²) in [5.74, 6) is 0.838. The zero-order valence-electron chi connectivity index (χ0n) is 11.1. The van der Waals surface area contributed by atoms with Gasteiger partial charge in [0, 0.05) is 16.5 Å². The van der Waals surface area contributed by atoms with Crippen molar-refractivity contribution in [3.8, 4) is 5.75 Å². The summed E-state index contributed by atoms with van der Waals surface area (Å²) in [7, 11) is 0. The van der Waals surface area contributed by atoms with Gasteiger partial charge in [0.15, 0.2) is 0 Å². The van der Waals surface area contributed by atoms with Gasteiger partial charge in [0.25, 0.3) is 0 Å². The van der Waals surface area contributed by atoms with Gasteiger partial charge in [0.2, 0.25) is 0 Å². The summed E-state index contributed by atoms with van der Waals surface area (Å²) in [5, 5.41) is 10.3. The number of aliphatic hydroxyl groups excluding tert-OH is 1. The number of hydrogen-bond acceptors (Lipinski definition) is 2. The SMILES string of the molecule is CCCC1(CCC)C[C@@H](O)c2ccc(Br)cc2O1. The van der Waals surface area contributed by atoms with Crippen LogP contribution in [0.25, 0.3) is 0 Å². The minimum Gasteiger partial charge on any atom is -0.487 e. The molecule has 1 heterocycles. The highest BCUT2D eigenvalue weighted by Gasteiger charge is 2.39. The van der Waals surface area contributed by atoms with Crippen LogP contribution in [-0.4, -0.2) is 10.7 Å². The molecular formula is C15H21BrO2. The molecule has 3 heteroatoms. The first kappa shape index (κ1) is 13.9. The molecule has 1 N–H and O–H groups in total. The summed E-state index contributed by atoms with van der Waals surface area (Å²) in [6, 6.07) is 5.88. The molecule has 0 fully saturated rings. The van der Waals surface area contributed by atoms with Crippen LogP contribution in [-0.2, 0) is 0 Å². The van der Waals surface area contributed by atoms with Crippen molar-refractivity contribution in [2.75, 3.05) is 0 Å². The van der Waals surface area contributed by atoms with Crippen LogP contribution in [0.5, 0.6) is 5.75 Å². The van der Waals surface area contributed by atoms with Gasteiger partial charge in [0.05, 0.1) is 6.10 Å². The average Bonchev–Trinajstić information content (AvgIpc) is 2.28. The van der Waals surface area contributed by atoms with Crippen LogP contribution < -0.4 is 4.74 Å². The minimum atomic E-state index is -0.403. The summed E-state index contributed by atoms with van der Waals surface area (Å²) in [4.78, 5) is 0. The van der Waals surface area contributed by atoms with E-state index in [0.717, 1.165) is 41.5 Å². The number of hydrogen-bond donors (Lipinski definition) is 1. The molecule has 1 atom stereocenters. The van der Waals surface area contributed by atoms with Crippen LogP contribution >= 0.6 is 15.9 Å². The third-order valence-electron chi connectivity index (χ3n) is 3.64. The van der Waals surface area contributed by atoms with Gasteiger partial charge >= 0.3 is 0 Å². The maximum Gasteiger partial charge on any atom is 0.127 e. The Hall–Kier alpha value is -0.540. The van der Waals surface area contributed by atoms with Gasteiger partial charge in [-0.3, -0.25) is 0 Å². The zero-order valence-corrected chi connectivity index (χ0v) is 12.7. The summed E-state index contributed by atoms with van der Waals surface area (Å²) in [6.07, 6.45) is 4.48. The van der Waals surface area contributed by atoms with E-state index >= 15 is 0 Å². The fourth-order valence-corrected chi connectivity index (χ4v) is 3.29. The van der Waals surface area contributed by atoms with E-state index in [4.69, 9.17) is 4.74 Å². The van der Waals surface area contributed by atoms with Gasteiger partial charge in [-0.2, -0.15) is 0 Å². The van der Waals surface area contributed by atoms with E-state index in [9.17, 15) is 5.11 Å². The average molecular weight is 313 g/mol. The van der Waals surface area contributed by atoms with Gasteiger partial charge in [-0.15, -0.1) is 0 Å². The van der Waals surface area contributed by atoms with E-state index in [1.165, 1.54) is 0 Å². The minimum absolute atomic E-state index is 0.184. The van der Waals surface area contributed by atoms with Crippen LogP contribution in [0.3, 0.4) is 0 Å². The van der Waals surface area contributed by atoms with Crippen LogP contribution in [0.4, 0.5) is 0 Å². The Kier molecular flexibility index (Phi) is 4.33. The van der Waals surface area contributed by atoms with Crippen molar-refractivity contribution in [1.82, 2.24) is 0 Å². The lowest BCUT2D eigenvalue weighted by Gasteiger charge is -2.41. The van der Waals surface area contributed by atoms with Crippen molar-refractivity contribution < 1.29 is 9.84 Å². The maximum absolute atomic E-state index is 10.3. The second-order valence-corrected chi connectivity index (χ2v) is 6.10. The number of rotatable bonds is 4. The molecule has 0 saturated carbocycles. The Morgan fingerprint density at radius 1 is 1.33 bits per heavy atom. The van der Waals surface area contributed by atoms with Crippen LogP contribution in [0, 0.1) is 0 Å². The number of ether oxygens (including phenoxy) is 1. The fraction of sp³-hybridized carbons (Fsp3) is 0.600. The lowest BCUT2D eigenvalue weighted by Crippen LogP contribution is -2.41.